The van der Waals surface area contributed by atoms with Crippen LogP contribution in [0.2, 0.25) is 0 Å². The first-order chi connectivity index (χ1) is 11.2. The van der Waals surface area contributed by atoms with Crippen LogP contribution in [-0.2, 0) is 9.59 Å². The summed E-state index contributed by atoms with van der Waals surface area (Å²) in [6.45, 7) is 0.121. The maximum Gasteiger partial charge on any atom is 0.312 e. The molecule has 3 atom stereocenters. The predicted molar refractivity (Wildman–Crippen MR) is 87.1 cm³/mol. The molecule has 0 spiro atoms. The van der Waals surface area contributed by atoms with Crippen LogP contribution in [-0.4, -0.2) is 23.5 Å². The number of nitrogens with one attached hydrogen (secondary N) is 1. The second kappa shape index (κ2) is 6.65. The lowest BCUT2D eigenvalue weighted by Crippen LogP contribution is -2.32. The third kappa shape index (κ3) is 3.59. The lowest BCUT2D eigenvalue weighted by Gasteiger charge is -2.14. The molecule has 2 aromatic carbocycles. The van der Waals surface area contributed by atoms with Crippen molar-refractivity contribution in [3.63, 3.8) is 0 Å². The fraction of sp³-hybridized carbons (Fsp3) is 0.263. The largest absolute Gasteiger partial charge is 0.481 e. The van der Waals surface area contributed by atoms with Gasteiger partial charge in [0, 0.05) is 12.5 Å². The first-order valence-electron chi connectivity index (χ1n) is 7.77. The maximum atomic E-state index is 12.2. The third-order valence-electron chi connectivity index (χ3n) is 4.34. The summed E-state index contributed by atoms with van der Waals surface area (Å²) in [5.41, 5.74) is 1.88. The molecule has 0 heterocycles. The molecule has 0 radical (unpaired) electrons. The molecule has 0 aromatic heterocycles. The Bertz CT molecular complexity index is 684. The molecule has 118 valence electrons. The fourth-order valence-corrected chi connectivity index (χ4v) is 2.92. The number of aliphatic carboxylic acids is 1. The van der Waals surface area contributed by atoms with Gasteiger partial charge in [0.1, 0.15) is 0 Å². The van der Waals surface area contributed by atoms with Gasteiger partial charge in [0.15, 0.2) is 0 Å². The van der Waals surface area contributed by atoms with Gasteiger partial charge in [0.2, 0.25) is 5.91 Å². The molecule has 23 heavy (non-hydrogen) atoms. The fourth-order valence-electron chi connectivity index (χ4n) is 2.92. The summed E-state index contributed by atoms with van der Waals surface area (Å²) in [4.78, 5) is 23.7. The highest BCUT2D eigenvalue weighted by Gasteiger charge is 2.43. The quantitative estimate of drug-likeness (QED) is 0.862. The maximum absolute atomic E-state index is 12.2. The van der Waals surface area contributed by atoms with E-state index in [1.807, 2.05) is 36.4 Å². The van der Waals surface area contributed by atoms with E-state index in [0.717, 1.165) is 6.42 Å². The van der Waals surface area contributed by atoms with Crippen molar-refractivity contribution < 1.29 is 14.7 Å². The van der Waals surface area contributed by atoms with Crippen LogP contribution in [0.15, 0.2) is 60.7 Å². The molecule has 4 nitrogen and oxygen atoms in total. The van der Waals surface area contributed by atoms with E-state index in [9.17, 15) is 14.7 Å². The van der Waals surface area contributed by atoms with Crippen molar-refractivity contribution in [3.8, 4) is 0 Å². The van der Waals surface area contributed by atoms with Crippen molar-refractivity contribution in [1.29, 1.82) is 0 Å². The molecule has 1 fully saturated rings. The highest BCUT2D eigenvalue weighted by Crippen LogP contribution is 2.47. The highest BCUT2D eigenvalue weighted by atomic mass is 16.4. The Hall–Kier alpha value is -2.62. The Morgan fingerprint density at radius 3 is 2.26 bits per heavy atom. The molecule has 0 aliphatic heterocycles. The van der Waals surface area contributed by atoms with Gasteiger partial charge in [-0.1, -0.05) is 60.7 Å². The van der Waals surface area contributed by atoms with Crippen molar-refractivity contribution in [1.82, 2.24) is 5.32 Å². The Balaban J connectivity index is 1.57. The van der Waals surface area contributed by atoms with Gasteiger partial charge in [0.05, 0.1) is 5.92 Å². The predicted octanol–water partition coefficient (Wildman–Crippen LogP) is 2.77. The Morgan fingerprint density at radius 2 is 1.65 bits per heavy atom. The summed E-state index contributed by atoms with van der Waals surface area (Å²) >= 11 is 0. The van der Waals surface area contributed by atoms with E-state index in [0.29, 0.717) is 5.56 Å². The molecule has 2 N–H and O–H groups in total. The summed E-state index contributed by atoms with van der Waals surface area (Å²) in [5, 5.41) is 12.2. The normalized spacial score (nSPS) is 20.5. The number of hydrogen-bond donors (Lipinski definition) is 2. The summed E-state index contributed by atoms with van der Waals surface area (Å²) < 4.78 is 0. The molecular formula is C19H19NO3. The first-order valence-corrected chi connectivity index (χ1v) is 7.77. The van der Waals surface area contributed by atoms with E-state index in [2.05, 4.69) is 5.32 Å². The molecule has 0 unspecified atom stereocenters. The molecule has 1 aliphatic carbocycles. The van der Waals surface area contributed by atoms with Crippen molar-refractivity contribution in [2.24, 2.45) is 5.92 Å². The minimum atomic E-state index is -0.924. The number of carboxylic acids is 1. The average molecular weight is 309 g/mol. The Morgan fingerprint density at radius 1 is 1.04 bits per heavy atom. The van der Waals surface area contributed by atoms with E-state index in [1.54, 1.807) is 24.3 Å². The van der Waals surface area contributed by atoms with Gasteiger partial charge in [-0.05, 0) is 23.5 Å². The molecule has 1 aliphatic rings. The number of benzene rings is 2. The van der Waals surface area contributed by atoms with Gasteiger partial charge in [-0.15, -0.1) is 0 Å². The van der Waals surface area contributed by atoms with Gasteiger partial charge in [-0.2, -0.15) is 0 Å². The standard InChI is InChI=1S/C19H19NO3/c21-18(16-11-15(16)13-7-3-1-4-8-13)20-12-17(19(22)23)14-9-5-2-6-10-14/h1-10,15-17H,11-12H2,(H,20,21)(H,22,23)/t15-,16-,17-/m1/s1. The molecule has 0 saturated heterocycles. The summed E-state index contributed by atoms with van der Waals surface area (Å²) in [6.07, 6.45) is 0.832. The number of amides is 1. The van der Waals surface area contributed by atoms with Crippen LogP contribution in [0, 0.1) is 5.92 Å². The van der Waals surface area contributed by atoms with E-state index in [1.165, 1.54) is 5.56 Å². The average Bonchev–Trinajstić information content (AvgIpc) is 3.37. The van der Waals surface area contributed by atoms with Gasteiger partial charge in [-0.3, -0.25) is 9.59 Å². The van der Waals surface area contributed by atoms with E-state index < -0.39 is 11.9 Å². The number of carbonyl (C=O) groups is 2. The number of carbonyl (C=O) groups excluding carboxylic acids is 1. The van der Waals surface area contributed by atoms with Crippen molar-refractivity contribution in [2.45, 2.75) is 18.3 Å². The second-order valence-electron chi connectivity index (χ2n) is 5.91. The van der Waals surface area contributed by atoms with Crippen molar-refractivity contribution in [3.05, 3.63) is 71.8 Å². The molecule has 1 saturated carbocycles. The molecule has 0 bridgehead atoms. The molecule has 4 heteroatoms. The van der Waals surface area contributed by atoms with E-state index >= 15 is 0 Å². The van der Waals surface area contributed by atoms with Gasteiger partial charge in [0.25, 0.3) is 0 Å². The SMILES string of the molecule is O=C(O)[C@H](CNC(=O)[C@@H]1C[C@@H]1c1ccccc1)c1ccccc1. The summed E-state index contributed by atoms with van der Waals surface area (Å²) in [5.74, 6) is -1.47. The zero-order valence-corrected chi connectivity index (χ0v) is 12.7. The van der Waals surface area contributed by atoms with Crippen LogP contribution in [0.4, 0.5) is 0 Å². The lowest BCUT2D eigenvalue weighted by atomic mass is 9.99. The summed E-state index contributed by atoms with van der Waals surface area (Å²) in [7, 11) is 0. The van der Waals surface area contributed by atoms with Crippen LogP contribution in [0.3, 0.4) is 0 Å². The first kappa shape index (κ1) is 15.3. The Labute approximate surface area is 135 Å². The molecule has 1 amide bonds. The molecule has 2 aromatic rings. The van der Waals surface area contributed by atoms with Gasteiger partial charge < -0.3 is 10.4 Å². The van der Waals surface area contributed by atoms with Crippen LogP contribution in [0.25, 0.3) is 0 Å². The van der Waals surface area contributed by atoms with Gasteiger partial charge >= 0.3 is 5.97 Å². The number of rotatable bonds is 6. The highest BCUT2D eigenvalue weighted by molar-refractivity contribution is 5.84. The van der Waals surface area contributed by atoms with Crippen LogP contribution < -0.4 is 5.32 Å². The van der Waals surface area contributed by atoms with Crippen LogP contribution in [0.5, 0.6) is 0 Å². The minimum Gasteiger partial charge on any atom is -0.481 e. The lowest BCUT2D eigenvalue weighted by molar-refractivity contribution is -0.138. The van der Waals surface area contributed by atoms with Gasteiger partial charge in [-0.25, -0.2) is 0 Å². The number of hydrogen-bond acceptors (Lipinski definition) is 2. The van der Waals surface area contributed by atoms with Crippen LogP contribution in [0.1, 0.15) is 29.4 Å². The minimum absolute atomic E-state index is 0.0392. The number of carboxylic acid groups (broad SMARTS) is 1. The van der Waals surface area contributed by atoms with E-state index in [4.69, 9.17) is 0 Å². The van der Waals surface area contributed by atoms with Crippen molar-refractivity contribution in [2.75, 3.05) is 6.54 Å². The zero-order chi connectivity index (χ0) is 16.2. The third-order valence-corrected chi connectivity index (χ3v) is 4.34. The zero-order valence-electron chi connectivity index (χ0n) is 12.7. The van der Waals surface area contributed by atoms with E-state index in [-0.39, 0.29) is 24.3 Å². The Kier molecular flexibility index (Phi) is 4.42. The smallest absolute Gasteiger partial charge is 0.312 e. The summed E-state index contributed by atoms with van der Waals surface area (Å²) in [6, 6.07) is 19.0. The monoisotopic (exact) mass is 309 g/mol. The van der Waals surface area contributed by atoms with Crippen LogP contribution >= 0.6 is 0 Å². The topological polar surface area (TPSA) is 66.4 Å². The molecule has 3 rings (SSSR count). The molecular weight excluding hydrogens is 290 g/mol. The second-order valence-corrected chi connectivity index (χ2v) is 5.91. The van der Waals surface area contributed by atoms with Crippen molar-refractivity contribution >= 4 is 11.9 Å².